The minimum absolute atomic E-state index is 0.0451. The molecule has 0 saturated carbocycles. The maximum atomic E-state index is 13.0. The summed E-state index contributed by atoms with van der Waals surface area (Å²) in [6.07, 6.45) is 2.45. The number of nitrogens with zero attached hydrogens (tertiary/aromatic N) is 3. The molecule has 6 heteroatoms. The molecule has 148 valence electrons. The van der Waals surface area contributed by atoms with E-state index in [1.807, 2.05) is 23.1 Å². The van der Waals surface area contributed by atoms with Gasteiger partial charge in [-0.2, -0.15) is 0 Å². The highest BCUT2D eigenvalue weighted by atomic mass is 16.5. The molecule has 2 aliphatic heterocycles. The number of hydrogen-bond acceptors (Lipinski definition) is 4. The van der Waals surface area contributed by atoms with Crippen molar-refractivity contribution in [3.63, 3.8) is 0 Å². The van der Waals surface area contributed by atoms with Crippen LogP contribution in [-0.4, -0.2) is 86.0 Å². The Bertz CT molecular complexity index is 629. The van der Waals surface area contributed by atoms with Gasteiger partial charge in [-0.05, 0) is 38.5 Å². The van der Waals surface area contributed by atoms with Crippen LogP contribution in [0.4, 0.5) is 0 Å². The summed E-state index contributed by atoms with van der Waals surface area (Å²) in [6.45, 7) is 3.92. The summed E-state index contributed by atoms with van der Waals surface area (Å²) < 4.78 is 5.22. The van der Waals surface area contributed by atoms with Crippen molar-refractivity contribution in [3.05, 3.63) is 35.9 Å². The number of carbonyl (C=O) groups is 2. The van der Waals surface area contributed by atoms with E-state index in [0.717, 1.165) is 25.9 Å². The molecular formula is C21H31N3O3. The molecule has 3 rings (SSSR count). The van der Waals surface area contributed by atoms with Gasteiger partial charge in [-0.15, -0.1) is 0 Å². The smallest absolute Gasteiger partial charge is 0.242 e. The van der Waals surface area contributed by atoms with Crippen LogP contribution in [0.5, 0.6) is 0 Å². The summed E-state index contributed by atoms with van der Waals surface area (Å²) >= 11 is 0. The maximum absolute atomic E-state index is 13.0. The van der Waals surface area contributed by atoms with Gasteiger partial charge in [0.1, 0.15) is 0 Å². The molecule has 2 aliphatic rings. The lowest BCUT2D eigenvalue weighted by molar-refractivity contribution is -0.141. The number of likely N-dealkylation sites (tertiary alicyclic amines) is 2. The fourth-order valence-electron chi connectivity index (χ4n) is 4.13. The van der Waals surface area contributed by atoms with E-state index in [1.165, 1.54) is 5.56 Å². The lowest BCUT2D eigenvalue weighted by Crippen LogP contribution is -2.50. The average molecular weight is 373 g/mol. The Hall–Kier alpha value is -1.92. The van der Waals surface area contributed by atoms with Gasteiger partial charge in [-0.3, -0.25) is 9.59 Å². The quantitative estimate of drug-likeness (QED) is 0.728. The number of methoxy groups -OCH3 is 1. The SMILES string of the molecule is COCCN(C(=O)CN1CC(c2ccccc2)CC1=O)C1CCN(C)CC1. The van der Waals surface area contributed by atoms with E-state index in [-0.39, 0.29) is 30.3 Å². The van der Waals surface area contributed by atoms with Gasteiger partial charge < -0.3 is 19.4 Å². The second-order valence-electron chi connectivity index (χ2n) is 7.70. The van der Waals surface area contributed by atoms with Crippen LogP contribution < -0.4 is 0 Å². The highest BCUT2D eigenvalue weighted by Gasteiger charge is 2.34. The van der Waals surface area contributed by atoms with Crippen LogP contribution >= 0.6 is 0 Å². The lowest BCUT2D eigenvalue weighted by Gasteiger charge is -2.38. The molecule has 1 aromatic rings. The topological polar surface area (TPSA) is 53.1 Å². The summed E-state index contributed by atoms with van der Waals surface area (Å²) in [5, 5.41) is 0. The number of amides is 2. The van der Waals surface area contributed by atoms with E-state index >= 15 is 0 Å². The van der Waals surface area contributed by atoms with Gasteiger partial charge in [0.05, 0.1) is 13.2 Å². The molecule has 2 amide bonds. The Labute approximate surface area is 162 Å². The van der Waals surface area contributed by atoms with Gasteiger partial charge in [0.25, 0.3) is 0 Å². The maximum Gasteiger partial charge on any atom is 0.242 e. The Morgan fingerprint density at radius 2 is 1.93 bits per heavy atom. The number of piperidine rings is 1. The molecule has 2 heterocycles. The normalized spacial score (nSPS) is 21.6. The number of hydrogen-bond donors (Lipinski definition) is 0. The Balaban J connectivity index is 1.61. The second-order valence-corrected chi connectivity index (χ2v) is 7.70. The number of ether oxygens (including phenoxy) is 1. The van der Waals surface area contributed by atoms with Crippen molar-refractivity contribution in [1.82, 2.24) is 14.7 Å². The van der Waals surface area contributed by atoms with Gasteiger partial charge in [0, 0.05) is 38.6 Å². The Morgan fingerprint density at radius 1 is 1.22 bits per heavy atom. The first-order valence-corrected chi connectivity index (χ1v) is 9.88. The van der Waals surface area contributed by atoms with Crippen LogP contribution in [0.15, 0.2) is 30.3 Å². The zero-order chi connectivity index (χ0) is 19.2. The Kier molecular flexibility index (Phi) is 6.85. The first-order valence-electron chi connectivity index (χ1n) is 9.88. The van der Waals surface area contributed by atoms with Gasteiger partial charge in [0.15, 0.2) is 0 Å². The van der Waals surface area contributed by atoms with Crippen molar-refractivity contribution in [3.8, 4) is 0 Å². The summed E-state index contributed by atoms with van der Waals surface area (Å²) in [6, 6.07) is 10.3. The predicted molar refractivity (Wildman–Crippen MR) is 104 cm³/mol. The highest BCUT2D eigenvalue weighted by Crippen LogP contribution is 2.28. The molecule has 0 N–H and O–H groups in total. The Morgan fingerprint density at radius 3 is 2.59 bits per heavy atom. The second kappa shape index (κ2) is 9.33. The summed E-state index contributed by atoms with van der Waals surface area (Å²) in [4.78, 5) is 31.5. The van der Waals surface area contributed by atoms with Gasteiger partial charge in [-0.1, -0.05) is 30.3 Å². The molecule has 1 unspecified atom stereocenters. The molecule has 1 atom stereocenters. The third-order valence-corrected chi connectivity index (χ3v) is 5.80. The van der Waals surface area contributed by atoms with Crippen LogP contribution in [-0.2, 0) is 14.3 Å². The molecule has 0 bridgehead atoms. The van der Waals surface area contributed by atoms with Crippen molar-refractivity contribution < 1.29 is 14.3 Å². The monoisotopic (exact) mass is 373 g/mol. The van der Waals surface area contributed by atoms with Crippen molar-refractivity contribution in [2.45, 2.75) is 31.2 Å². The molecule has 0 spiro atoms. The molecule has 0 aromatic heterocycles. The van der Waals surface area contributed by atoms with Crippen LogP contribution in [0, 0.1) is 0 Å². The van der Waals surface area contributed by atoms with Crippen molar-refractivity contribution in [2.75, 3.05) is 53.5 Å². The van der Waals surface area contributed by atoms with E-state index in [1.54, 1.807) is 12.0 Å². The van der Waals surface area contributed by atoms with Crippen LogP contribution in [0.25, 0.3) is 0 Å². The van der Waals surface area contributed by atoms with Gasteiger partial charge in [-0.25, -0.2) is 0 Å². The standard InChI is InChI=1S/C21H31N3O3/c1-22-10-8-19(9-11-22)24(12-13-27-2)21(26)16-23-15-18(14-20(23)25)17-6-4-3-5-7-17/h3-7,18-19H,8-16H2,1-2H3. The van der Waals surface area contributed by atoms with Crippen LogP contribution in [0.3, 0.4) is 0 Å². The van der Waals surface area contributed by atoms with Crippen molar-refractivity contribution in [1.29, 1.82) is 0 Å². The fraction of sp³-hybridized carbons (Fsp3) is 0.619. The number of carbonyl (C=O) groups excluding carboxylic acids is 2. The molecule has 1 aromatic carbocycles. The number of benzene rings is 1. The first kappa shape index (κ1) is 19.8. The molecule has 6 nitrogen and oxygen atoms in total. The van der Waals surface area contributed by atoms with Crippen LogP contribution in [0.2, 0.25) is 0 Å². The largest absolute Gasteiger partial charge is 0.383 e. The van der Waals surface area contributed by atoms with E-state index in [0.29, 0.717) is 26.1 Å². The minimum atomic E-state index is 0.0451. The summed E-state index contributed by atoms with van der Waals surface area (Å²) in [7, 11) is 3.77. The summed E-state index contributed by atoms with van der Waals surface area (Å²) in [5.41, 5.74) is 1.17. The van der Waals surface area contributed by atoms with E-state index in [2.05, 4.69) is 24.1 Å². The zero-order valence-corrected chi connectivity index (χ0v) is 16.5. The predicted octanol–water partition coefficient (Wildman–Crippen LogP) is 1.57. The van der Waals surface area contributed by atoms with Crippen molar-refractivity contribution >= 4 is 11.8 Å². The van der Waals surface area contributed by atoms with E-state index in [9.17, 15) is 9.59 Å². The fourth-order valence-corrected chi connectivity index (χ4v) is 4.13. The molecule has 2 saturated heterocycles. The number of rotatable bonds is 7. The third kappa shape index (κ3) is 5.08. The molecule has 27 heavy (non-hydrogen) atoms. The third-order valence-electron chi connectivity index (χ3n) is 5.80. The molecular weight excluding hydrogens is 342 g/mol. The van der Waals surface area contributed by atoms with E-state index in [4.69, 9.17) is 4.74 Å². The molecule has 0 aliphatic carbocycles. The van der Waals surface area contributed by atoms with Gasteiger partial charge in [0.2, 0.25) is 11.8 Å². The van der Waals surface area contributed by atoms with Gasteiger partial charge >= 0.3 is 0 Å². The zero-order valence-electron chi connectivity index (χ0n) is 16.5. The minimum Gasteiger partial charge on any atom is -0.383 e. The van der Waals surface area contributed by atoms with Crippen LogP contribution in [0.1, 0.15) is 30.7 Å². The van der Waals surface area contributed by atoms with Crippen molar-refractivity contribution in [2.24, 2.45) is 0 Å². The van der Waals surface area contributed by atoms with E-state index < -0.39 is 0 Å². The molecule has 2 fully saturated rings. The lowest BCUT2D eigenvalue weighted by atomic mass is 9.99. The first-order chi connectivity index (χ1) is 13.1. The molecule has 0 radical (unpaired) electrons. The summed E-state index contributed by atoms with van der Waals surface area (Å²) in [5.74, 6) is 0.304. The highest BCUT2D eigenvalue weighted by molar-refractivity contribution is 5.86. The average Bonchev–Trinajstić information content (AvgIpc) is 3.04.